The Hall–Kier alpha value is -2.47. The summed E-state index contributed by atoms with van der Waals surface area (Å²) in [7, 11) is 0. The van der Waals surface area contributed by atoms with E-state index in [4.69, 9.17) is 16.3 Å². The number of nitrogens with zero attached hydrogens (tertiary/aromatic N) is 1. The minimum atomic E-state index is -0.899. The lowest BCUT2D eigenvalue weighted by atomic mass is 10.1. The highest BCUT2D eigenvalue weighted by Crippen LogP contribution is 2.25. The highest BCUT2D eigenvalue weighted by Gasteiger charge is 2.24. The van der Waals surface area contributed by atoms with E-state index < -0.39 is 23.3 Å². The van der Waals surface area contributed by atoms with E-state index >= 15 is 0 Å². The summed E-state index contributed by atoms with van der Waals surface area (Å²) in [6.07, 6.45) is 0. The van der Waals surface area contributed by atoms with Crippen LogP contribution < -0.4 is 0 Å². The molecule has 114 valence electrons. The molecule has 7 heteroatoms. The summed E-state index contributed by atoms with van der Waals surface area (Å²) in [5, 5.41) is 11.1. The third-order valence-corrected chi connectivity index (χ3v) is 3.42. The van der Waals surface area contributed by atoms with Crippen LogP contribution in [0.2, 0.25) is 5.02 Å². The van der Waals surface area contributed by atoms with Crippen molar-refractivity contribution in [3.63, 3.8) is 0 Å². The average Bonchev–Trinajstić information content (AvgIpc) is 2.46. The first kappa shape index (κ1) is 15.9. The Balaban J connectivity index is 2.26. The van der Waals surface area contributed by atoms with Crippen molar-refractivity contribution < 1.29 is 18.8 Å². The molecule has 0 spiro atoms. The highest BCUT2D eigenvalue weighted by atomic mass is 35.5. The SMILES string of the molecule is Cc1cccc([N+](=O)[O-])c1C(=O)OCc1c(F)cccc1Cl. The first-order valence-corrected chi connectivity index (χ1v) is 6.63. The van der Waals surface area contributed by atoms with Crippen molar-refractivity contribution in [2.24, 2.45) is 0 Å². The Morgan fingerprint density at radius 2 is 2.00 bits per heavy atom. The second-order valence-corrected chi connectivity index (χ2v) is 4.91. The Kier molecular flexibility index (Phi) is 4.72. The summed E-state index contributed by atoms with van der Waals surface area (Å²) in [4.78, 5) is 22.4. The van der Waals surface area contributed by atoms with Gasteiger partial charge in [-0.1, -0.05) is 29.8 Å². The maximum absolute atomic E-state index is 13.6. The maximum Gasteiger partial charge on any atom is 0.345 e. The zero-order valence-corrected chi connectivity index (χ0v) is 12.3. The predicted octanol–water partition coefficient (Wildman–Crippen LogP) is 4.05. The molecule has 0 saturated heterocycles. The van der Waals surface area contributed by atoms with Crippen molar-refractivity contribution in [2.45, 2.75) is 13.5 Å². The Morgan fingerprint density at radius 3 is 2.64 bits per heavy atom. The summed E-state index contributed by atoms with van der Waals surface area (Å²) >= 11 is 5.83. The minimum Gasteiger partial charge on any atom is -0.457 e. The molecule has 0 radical (unpaired) electrons. The lowest BCUT2D eigenvalue weighted by molar-refractivity contribution is -0.385. The van der Waals surface area contributed by atoms with Gasteiger partial charge in [0, 0.05) is 11.6 Å². The van der Waals surface area contributed by atoms with E-state index in [1.54, 1.807) is 13.0 Å². The summed E-state index contributed by atoms with van der Waals surface area (Å²) < 4.78 is 18.6. The van der Waals surface area contributed by atoms with Crippen LogP contribution in [-0.2, 0) is 11.3 Å². The quantitative estimate of drug-likeness (QED) is 0.483. The molecular formula is C15H11ClFNO4. The van der Waals surface area contributed by atoms with Crippen LogP contribution in [0.15, 0.2) is 36.4 Å². The van der Waals surface area contributed by atoms with Crippen LogP contribution in [0, 0.1) is 22.9 Å². The second-order valence-electron chi connectivity index (χ2n) is 4.50. The van der Waals surface area contributed by atoms with Gasteiger partial charge in [-0.2, -0.15) is 0 Å². The van der Waals surface area contributed by atoms with Crippen molar-refractivity contribution in [1.29, 1.82) is 0 Å². The Bertz CT molecular complexity index is 728. The first-order valence-electron chi connectivity index (χ1n) is 6.26. The number of benzene rings is 2. The molecular weight excluding hydrogens is 313 g/mol. The maximum atomic E-state index is 13.6. The number of carbonyl (C=O) groups is 1. The van der Waals surface area contributed by atoms with Gasteiger partial charge < -0.3 is 4.74 Å². The van der Waals surface area contributed by atoms with E-state index in [0.717, 1.165) is 0 Å². The number of aryl methyl sites for hydroxylation is 1. The molecule has 0 heterocycles. The van der Waals surface area contributed by atoms with E-state index in [0.29, 0.717) is 5.56 Å². The molecule has 0 saturated carbocycles. The molecule has 2 aromatic carbocycles. The monoisotopic (exact) mass is 323 g/mol. The summed E-state index contributed by atoms with van der Waals surface area (Å²) in [5.41, 5.74) is -0.0859. The molecule has 2 aromatic rings. The van der Waals surface area contributed by atoms with Crippen molar-refractivity contribution in [3.05, 3.63) is 74.0 Å². The Morgan fingerprint density at radius 1 is 1.32 bits per heavy atom. The van der Waals surface area contributed by atoms with Crippen LogP contribution in [0.3, 0.4) is 0 Å². The van der Waals surface area contributed by atoms with Gasteiger partial charge in [-0.3, -0.25) is 10.1 Å². The lowest BCUT2D eigenvalue weighted by Gasteiger charge is -2.09. The van der Waals surface area contributed by atoms with Crippen molar-refractivity contribution in [2.75, 3.05) is 0 Å². The first-order chi connectivity index (χ1) is 10.4. The standard InChI is InChI=1S/C15H11ClFNO4/c1-9-4-2-7-13(18(20)21)14(9)15(19)22-8-10-11(16)5-3-6-12(10)17/h2-7H,8H2,1H3. The third-order valence-electron chi connectivity index (χ3n) is 3.06. The van der Waals surface area contributed by atoms with Crippen molar-refractivity contribution in [3.8, 4) is 0 Å². The second kappa shape index (κ2) is 6.53. The molecule has 0 N–H and O–H groups in total. The fourth-order valence-electron chi connectivity index (χ4n) is 1.95. The molecule has 0 bridgehead atoms. The van der Waals surface area contributed by atoms with Gasteiger partial charge in [-0.05, 0) is 24.6 Å². The predicted molar refractivity (Wildman–Crippen MR) is 78.4 cm³/mol. The van der Waals surface area contributed by atoms with Gasteiger partial charge in [0.1, 0.15) is 18.0 Å². The minimum absolute atomic E-state index is 0.0220. The number of hydrogen-bond acceptors (Lipinski definition) is 4. The molecule has 0 aliphatic carbocycles. The van der Waals surface area contributed by atoms with Crippen LogP contribution in [-0.4, -0.2) is 10.9 Å². The summed E-state index contributed by atoms with van der Waals surface area (Å²) in [6, 6.07) is 8.31. The molecule has 5 nitrogen and oxygen atoms in total. The number of nitro groups is 1. The van der Waals surface area contributed by atoms with Gasteiger partial charge in [0.25, 0.3) is 5.69 Å². The van der Waals surface area contributed by atoms with Gasteiger partial charge in [-0.25, -0.2) is 9.18 Å². The molecule has 0 aromatic heterocycles. The van der Waals surface area contributed by atoms with Gasteiger partial charge in [-0.15, -0.1) is 0 Å². The molecule has 2 rings (SSSR count). The van der Waals surface area contributed by atoms with E-state index in [-0.39, 0.29) is 21.8 Å². The number of halogens is 2. The lowest BCUT2D eigenvalue weighted by Crippen LogP contribution is -2.11. The van der Waals surface area contributed by atoms with Crippen LogP contribution in [0.4, 0.5) is 10.1 Å². The van der Waals surface area contributed by atoms with E-state index in [2.05, 4.69) is 0 Å². The molecule has 0 amide bonds. The zero-order valence-electron chi connectivity index (χ0n) is 11.5. The van der Waals surface area contributed by atoms with E-state index in [1.165, 1.54) is 30.3 Å². The smallest absolute Gasteiger partial charge is 0.345 e. The van der Waals surface area contributed by atoms with Gasteiger partial charge in [0.05, 0.1) is 9.95 Å². The van der Waals surface area contributed by atoms with Crippen LogP contribution in [0.1, 0.15) is 21.5 Å². The number of nitro benzene ring substituents is 1. The Labute approximate surface area is 130 Å². The van der Waals surface area contributed by atoms with Crippen LogP contribution in [0.5, 0.6) is 0 Å². The number of ether oxygens (including phenoxy) is 1. The highest BCUT2D eigenvalue weighted by molar-refractivity contribution is 6.31. The third kappa shape index (κ3) is 3.23. The largest absolute Gasteiger partial charge is 0.457 e. The molecule has 0 aliphatic heterocycles. The molecule has 0 unspecified atom stereocenters. The fraction of sp³-hybridized carbons (Fsp3) is 0.133. The zero-order chi connectivity index (χ0) is 16.3. The normalized spacial score (nSPS) is 10.3. The van der Waals surface area contributed by atoms with Gasteiger partial charge in [0.15, 0.2) is 0 Å². The molecule has 0 atom stereocenters. The fourth-order valence-corrected chi connectivity index (χ4v) is 2.17. The van der Waals surface area contributed by atoms with E-state index in [9.17, 15) is 19.3 Å². The molecule has 22 heavy (non-hydrogen) atoms. The number of rotatable bonds is 4. The van der Waals surface area contributed by atoms with Crippen LogP contribution >= 0.6 is 11.6 Å². The number of hydrogen-bond donors (Lipinski definition) is 0. The van der Waals surface area contributed by atoms with E-state index in [1.807, 2.05) is 0 Å². The molecule has 0 aliphatic rings. The summed E-state index contributed by atoms with van der Waals surface area (Å²) in [6.45, 7) is 1.15. The van der Waals surface area contributed by atoms with Gasteiger partial charge >= 0.3 is 5.97 Å². The number of carbonyl (C=O) groups excluding carboxylic acids is 1. The van der Waals surface area contributed by atoms with Crippen molar-refractivity contribution >= 4 is 23.3 Å². The molecule has 0 fully saturated rings. The van der Waals surface area contributed by atoms with Gasteiger partial charge in [0.2, 0.25) is 0 Å². The summed E-state index contributed by atoms with van der Waals surface area (Å²) in [5.74, 6) is -1.51. The average molecular weight is 324 g/mol. The topological polar surface area (TPSA) is 69.4 Å². The van der Waals surface area contributed by atoms with Crippen molar-refractivity contribution in [1.82, 2.24) is 0 Å². The van der Waals surface area contributed by atoms with Crippen LogP contribution in [0.25, 0.3) is 0 Å². The number of esters is 1.